The van der Waals surface area contributed by atoms with Gasteiger partial charge in [-0.05, 0) is 31.9 Å². The molecule has 0 amide bonds. The van der Waals surface area contributed by atoms with Gasteiger partial charge in [-0.3, -0.25) is 4.79 Å². The first kappa shape index (κ1) is 15.4. The van der Waals surface area contributed by atoms with Gasteiger partial charge in [-0.15, -0.1) is 11.3 Å². The predicted molar refractivity (Wildman–Crippen MR) is 83.0 cm³/mol. The minimum Gasteiger partial charge on any atom is -0.461 e. The Bertz CT molecular complexity index is 683. The first-order valence-corrected chi connectivity index (χ1v) is 7.52. The molecule has 110 valence electrons. The van der Waals surface area contributed by atoms with E-state index < -0.39 is 5.97 Å². The van der Waals surface area contributed by atoms with E-state index in [1.807, 2.05) is 32.0 Å². The highest BCUT2D eigenvalue weighted by Crippen LogP contribution is 2.33. The van der Waals surface area contributed by atoms with Crippen LogP contribution in [0.2, 0.25) is 0 Å². The van der Waals surface area contributed by atoms with Crippen LogP contribution in [0.5, 0.6) is 0 Å². The summed E-state index contributed by atoms with van der Waals surface area (Å²) < 4.78 is 4.98. The second kappa shape index (κ2) is 6.18. The number of ether oxygens (including phenoxy) is 1. The molecule has 1 aromatic carbocycles. The van der Waals surface area contributed by atoms with E-state index in [4.69, 9.17) is 4.74 Å². The third-order valence-electron chi connectivity index (χ3n) is 3.11. The Hall–Kier alpha value is -2.01. The normalized spacial score (nSPS) is 10.5. The first-order chi connectivity index (χ1) is 9.95. The fraction of sp³-hybridized carbons (Fsp3) is 0.312. The number of thiazole rings is 1. The number of ketones is 1. The lowest BCUT2D eigenvalue weighted by atomic mass is 10.0. The van der Waals surface area contributed by atoms with Crippen molar-refractivity contribution in [3.8, 4) is 10.6 Å². The Labute approximate surface area is 127 Å². The van der Waals surface area contributed by atoms with Gasteiger partial charge in [0.25, 0.3) is 0 Å². The van der Waals surface area contributed by atoms with Crippen LogP contribution in [0.4, 0.5) is 0 Å². The SMILES string of the molecule is CCOC(=O)c1nc(-c2c(C)cccc2C)sc1C(C)=O. The second-order valence-electron chi connectivity index (χ2n) is 4.74. The van der Waals surface area contributed by atoms with Gasteiger partial charge in [-0.2, -0.15) is 0 Å². The van der Waals surface area contributed by atoms with Crippen LogP contribution in [0, 0.1) is 13.8 Å². The largest absolute Gasteiger partial charge is 0.461 e. The third kappa shape index (κ3) is 3.03. The van der Waals surface area contributed by atoms with Gasteiger partial charge in [0.2, 0.25) is 0 Å². The summed E-state index contributed by atoms with van der Waals surface area (Å²) >= 11 is 1.24. The van der Waals surface area contributed by atoms with E-state index in [1.165, 1.54) is 18.3 Å². The highest BCUT2D eigenvalue weighted by molar-refractivity contribution is 7.17. The molecule has 21 heavy (non-hydrogen) atoms. The summed E-state index contributed by atoms with van der Waals surface area (Å²) in [6, 6.07) is 5.95. The lowest BCUT2D eigenvalue weighted by Gasteiger charge is -2.05. The fourth-order valence-corrected chi connectivity index (χ4v) is 3.28. The van der Waals surface area contributed by atoms with Crippen molar-refractivity contribution in [1.29, 1.82) is 0 Å². The van der Waals surface area contributed by atoms with E-state index in [0.717, 1.165) is 16.7 Å². The maximum atomic E-state index is 12.0. The van der Waals surface area contributed by atoms with Crippen LogP contribution in [-0.4, -0.2) is 23.3 Å². The molecule has 0 saturated carbocycles. The molecule has 0 fully saturated rings. The third-order valence-corrected chi connectivity index (χ3v) is 4.28. The molecule has 5 heteroatoms. The Morgan fingerprint density at radius 3 is 2.38 bits per heavy atom. The zero-order valence-electron chi connectivity index (χ0n) is 12.5. The number of carbonyl (C=O) groups is 2. The highest BCUT2D eigenvalue weighted by Gasteiger charge is 2.23. The number of rotatable bonds is 4. The van der Waals surface area contributed by atoms with Gasteiger partial charge in [0.15, 0.2) is 11.5 Å². The average molecular weight is 303 g/mol. The van der Waals surface area contributed by atoms with Crippen molar-refractivity contribution in [2.75, 3.05) is 6.61 Å². The Balaban J connectivity index is 2.59. The molecule has 2 rings (SSSR count). The monoisotopic (exact) mass is 303 g/mol. The molecule has 0 spiro atoms. The molecule has 4 nitrogen and oxygen atoms in total. The molecule has 2 aromatic rings. The number of hydrogen-bond donors (Lipinski definition) is 0. The van der Waals surface area contributed by atoms with E-state index in [-0.39, 0.29) is 18.1 Å². The fourth-order valence-electron chi connectivity index (χ4n) is 2.16. The van der Waals surface area contributed by atoms with Gasteiger partial charge in [0, 0.05) is 12.5 Å². The molecular weight excluding hydrogens is 286 g/mol. The minimum atomic E-state index is -0.545. The quantitative estimate of drug-likeness (QED) is 0.636. The Morgan fingerprint density at radius 2 is 1.86 bits per heavy atom. The van der Waals surface area contributed by atoms with Crippen LogP contribution in [0.1, 0.15) is 45.1 Å². The summed E-state index contributed by atoms with van der Waals surface area (Å²) in [5.41, 5.74) is 3.22. The van der Waals surface area contributed by atoms with Crippen LogP contribution in [0.25, 0.3) is 10.6 Å². The van der Waals surface area contributed by atoms with Crippen LogP contribution >= 0.6 is 11.3 Å². The molecule has 0 aliphatic carbocycles. The number of nitrogens with zero attached hydrogens (tertiary/aromatic N) is 1. The predicted octanol–water partition coefficient (Wildman–Crippen LogP) is 3.81. The molecular formula is C16H17NO3S. The molecule has 0 saturated heterocycles. The van der Waals surface area contributed by atoms with Crippen molar-refractivity contribution >= 4 is 23.1 Å². The number of hydrogen-bond acceptors (Lipinski definition) is 5. The van der Waals surface area contributed by atoms with Crippen LogP contribution in [-0.2, 0) is 4.74 Å². The summed E-state index contributed by atoms with van der Waals surface area (Å²) in [4.78, 5) is 28.4. The summed E-state index contributed by atoms with van der Waals surface area (Å²) in [5.74, 6) is -0.718. The Kier molecular flexibility index (Phi) is 4.53. The van der Waals surface area contributed by atoms with Gasteiger partial charge < -0.3 is 4.74 Å². The van der Waals surface area contributed by atoms with Gasteiger partial charge in [-0.25, -0.2) is 9.78 Å². The minimum absolute atomic E-state index is 0.118. The molecule has 0 unspecified atom stereocenters. The van der Waals surface area contributed by atoms with Crippen molar-refractivity contribution in [1.82, 2.24) is 4.98 Å². The standard InChI is InChI=1S/C16H17NO3S/c1-5-20-16(19)13-14(11(4)18)21-15(17-13)12-9(2)7-6-8-10(12)3/h6-8H,5H2,1-4H3. The maximum absolute atomic E-state index is 12.0. The summed E-state index contributed by atoms with van der Waals surface area (Å²) in [6.45, 7) is 7.39. The maximum Gasteiger partial charge on any atom is 0.358 e. The van der Waals surface area contributed by atoms with Crippen LogP contribution in [0.3, 0.4) is 0 Å². The highest BCUT2D eigenvalue weighted by atomic mass is 32.1. The lowest BCUT2D eigenvalue weighted by molar-refractivity contribution is 0.0517. The van der Waals surface area contributed by atoms with E-state index in [2.05, 4.69) is 4.98 Å². The number of benzene rings is 1. The summed E-state index contributed by atoms with van der Waals surface area (Å²) in [6.07, 6.45) is 0. The van der Waals surface area contributed by atoms with Gasteiger partial charge in [0.1, 0.15) is 9.88 Å². The number of aromatic nitrogens is 1. The van der Waals surface area contributed by atoms with E-state index in [9.17, 15) is 9.59 Å². The van der Waals surface area contributed by atoms with Gasteiger partial charge in [0.05, 0.1) is 6.61 Å². The van der Waals surface area contributed by atoms with Crippen molar-refractivity contribution < 1.29 is 14.3 Å². The lowest BCUT2D eigenvalue weighted by Crippen LogP contribution is -2.09. The zero-order valence-corrected chi connectivity index (χ0v) is 13.3. The first-order valence-electron chi connectivity index (χ1n) is 6.71. The smallest absolute Gasteiger partial charge is 0.358 e. The van der Waals surface area contributed by atoms with E-state index >= 15 is 0 Å². The van der Waals surface area contributed by atoms with Crippen LogP contribution < -0.4 is 0 Å². The van der Waals surface area contributed by atoms with Crippen LogP contribution in [0.15, 0.2) is 18.2 Å². The van der Waals surface area contributed by atoms with E-state index in [1.54, 1.807) is 6.92 Å². The topological polar surface area (TPSA) is 56.3 Å². The molecule has 1 heterocycles. The molecule has 1 aromatic heterocycles. The second-order valence-corrected chi connectivity index (χ2v) is 5.74. The molecule has 0 radical (unpaired) electrons. The Morgan fingerprint density at radius 1 is 1.24 bits per heavy atom. The van der Waals surface area contributed by atoms with Crippen molar-refractivity contribution in [2.45, 2.75) is 27.7 Å². The van der Waals surface area contributed by atoms with Gasteiger partial charge in [-0.1, -0.05) is 18.2 Å². The molecule has 0 aliphatic heterocycles. The van der Waals surface area contributed by atoms with Crippen molar-refractivity contribution in [3.63, 3.8) is 0 Å². The summed E-state index contributed by atoms with van der Waals surface area (Å²) in [5, 5.41) is 0.679. The molecule has 0 bridgehead atoms. The number of carbonyl (C=O) groups excluding carboxylic acids is 2. The molecule has 0 N–H and O–H groups in total. The van der Waals surface area contributed by atoms with Crippen molar-refractivity contribution in [2.24, 2.45) is 0 Å². The number of Topliss-reactive ketones (excluding diaryl/α,β-unsaturated/α-hetero) is 1. The molecule has 0 atom stereocenters. The van der Waals surface area contributed by atoms with E-state index in [0.29, 0.717) is 9.88 Å². The average Bonchev–Trinajstić information content (AvgIpc) is 2.84. The van der Waals surface area contributed by atoms with Gasteiger partial charge >= 0.3 is 5.97 Å². The van der Waals surface area contributed by atoms with Crippen molar-refractivity contribution in [3.05, 3.63) is 39.9 Å². The summed E-state index contributed by atoms with van der Waals surface area (Å²) in [7, 11) is 0. The number of esters is 1. The molecule has 0 aliphatic rings. The zero-order chi connectivity index (χ0) is 15.6. The number of aryl methyl sites for hydroxylation is 2.